The van der Waals surface area contributed by atoms with Gasteiger partial charge in [0.05, 0.1) is 12.0 Å². The molecule has 1 atom stereocenters. The van der Waals surface area contributed by atoms with E-state index >= 15 is 0 Å². The van der Waals surface area contributed by atoms with Gasteiger partial charge in [0.2, 0.25) is 0 Å². The number of fused-ring (bicyclic) bond motifs is 1. The van der Waals surface area contributed by atoms with Crippen molar-refractivity contribution in [2.45, 2.75) is 4.90 Å². The minimum Gasteiger partial charge on any atom is -0.496 e. The summed E-state index contributed by atoms with van der Waals surface area (Å²) in [6.45, 7) is 0. The van der Waals surface area contributed by atoms with Crippen LogP contribution in [0.2, 0.25) is 0 Å². The maximum atomic E-state index is 11.3. The van der Waals surface area contributed by atoms with Gasteiger partial charge >= 0.3 is 0 Å². The van der Waals surface area contributed by atoms with Gasteiger partial charge in [0, 0.05) is 10.8 Å². The minimum atomic E-state index is -1.50. The third-order valence-corrected chi connectivity index (χ3v) is 3.44. The molecule has 2 aromatic rings. The van der Waals surface area contributed by atoms with Crippen LogP contribution in [-0.2, 0) is 10.0 Å². The van der Waals surface area contributed by atoms with E-state index in [1.165, 1.54) is 0 Å². The van der Waals surface area contributed by atoms with E-state index in [1.807, 2.05) is 24.3 Å². The molecule has 0 radical (unpaired) electrons. The van der Waals surface area contributed by atoms with Crippen molar-refractivity contribution >= 4 is 31.5 Å². The van der Waals surface area contributed by atoms with Gasteiger partial charge in [0.15, 0.2) is 0 Å². The lowest BCUT2D eigenvalue weighted by molar-refractivity contribution is 0.419. The van der Waals surface area contributed by atoms with Gasteiger partial charge in [-0.25, -0.2) is 4.21 Å². The second kappa shape index (κ2) is 4.21. The van der Waals surface area contributed by atoms with Crippen molar-refractivity contribution in [1.29, 1.82) is 0 Å². The summed E-state index contributed by atoms with van der Waals surface area (Å²) in [7, 11) is 5.72. The quantitative estimate of drug-likeness (QED) is 0.754. The van der Waals surface area contributed by atoms with Gasteiger partial charge in [-0.3, -0.25) is 0 Å². The number of methoxy groups -OCH3 is 1. The molecule has 2 aromatic carbocycles. The Balaban J connectivity index is 2.83. The summed E-state index contributed by atoms with van der Waals surface area (Å²) in [6.07, 6.45) is 0. The van der Waals surface area contributed by atoms with Gasteiger partial charge in [0.1, 0.15) is 15.8 Å². The monoisotopic (exact) mass is 240 g/mol. The first-order valence-electron chi connectivity index (χ1n) is 4.38. The van der Waals surface area contributed by atoms with Crippen molar-refractivity contribution in [2.75, 3.05) is 7.11 Å². The maximum Gasteiger partial charge on any atom is 0.148 e. The van der Waals surface area contributed by atoms with Crippen molar-refractivity contribution in [3.05, 3.63) is 36.4 Å². The van der Waals surface area contributed by atoms with E-state index in [0.717, 1.165) is 16.5 Å². The van der Waals surface area contributed by atoms with Gasteiger partial charge in [-0.05, 0) is 22.8 Å². The van der Waals surface area contributed by atoms with Gasteiger partial charge in [-0.1, -0.05) is 24.3 Å². The maximum absolute atomic E-state index is 11.3. The Labute approximate surface area is 94.8 Å². The van der Waals surface area contributed by atoms with E-state index < -0.39 is 10.0 Å². The number of rotatable bonds is 2. The largest absolute Gasteiger partial charge is 0.496 e. The van der Waals surface area contributed by atoms with Gasteiger partial charge < -0.3 is 4.74 Å². The average Bonchev–Trinajstić information content (AvgIpc) is 2.27. The molecule has 0 aliphatic rings. The molecule has 0 aliphatic heterocycles. The summed E-state index contributed by atoms with van der Waals surface area (Å²) >= 11 is 0. The van der Waals surface area contributed by atoms with Crippen LogP contribution < -0.4 is 4.74 Å². The highest BCUT2D eigenvalue weighted by Crippen LogP contribution is 2.30. The first-order chi connectivity index (χ1) is 7.24. The Bertz CT molecular complexity index is 525. The van der Waals surface area contributed by atoms with Crippen molar-refractivity contribution in [3.63, 3.8) is 0 Å². The summed E-state index contributed by atoms with van der Waals surface area (Å²) in [5.74, 6) is 0.761. The molecule has 0 aliphatic carbocycles. The molecule has 2 nitrogen and oxygen atoms in total. The highest BCUT2D eigenvalue weighted by molar-refractivity contribution is 8.08. The highest BCUT2D eigenvalue weighted by atomic mass is 35.7. The van der Waals surface area contributed by atoms with E-state index in [-0.39, 0.29) is 0 Å². The Morgan fingerprint density at radius 1 is 1.13 bits per heavy atom. The van der Waals surface area contributed by atoms with Crippen LogP contribution in [0.4, 0.5) is 0 Å². The third-order valence-electron chi connectivity index (χ3n) is 2.24. The van der Waals surface area contributed by atoms with Crippen LogP contribution in [0.3, 0.4) is 0 Å². The van der Waals surface area contributed by atoms with Gasteiger partial charge in [-0.2, -0.15) is 0 Å². The van der Waals surface area contributed by atoms with E-state index in [9.17, 15) is 4.21 Å². The fraction of sp³-hybridized carbons (Fsp3) is 0.0909. The highest BCUT2D eigenvalue weighted by Gasteiger charge is 2.09. The molecule has 0 amide bonds. The van der Waals surface area contributed by atoms with E-state index in [0.29, 0.717) is 4.90 Å². The van der Waals surface area contributed by atoms with Crippen LogP contribution in [0.1, 0.15) is 0 Å². The third kappa shape index (κ3) is 1.85. The predicted molar refractivity (Wildman–Crippen MR) is 62.8 cm³/mol. The SMILES string of the molecule is COc1ccc(S(=O)Cl)c2ccccc12. The molecule has 0 heterocycles. The van der Waals surface area contributed by atoms with Crippen molar-refractivity contribution in [1.82, 2.24) is 0 Å². The zero-order valence-corrected chi connectivity index (χ0v) is 9.64. The summed E-state index contributed by atoms with van der Waals surface area (Å²) in [5.41, 5.74) is 0. The summed E-state index contributed by atoms with van der Waals surface area (Å²) in [6, 6.07) is 11.1. The molecule has 2 rings (SSSR count). The predicted octanol–water partition coefficient (Wildman–Crippen LogP) is 3.11. The Kier molecular flexibility index (Phi) is 2.93. The lowest BCUT2D eigenvalue weighted by atomic mass is 10.1. The molecular weight excluding hydrogens is 232 g/mol. The average molecular weight is 241 g/mol. The number of halogens is 1. The molecule has 0 N–H and O–H groups in total. The Hall–Kier alpha value is -1.06. The fourth-order valence-corrected chi connectivity index (χ4v) is 2.49. The molecule has 1 unspecified atom stereocenters. The molecule has 15 heavy (non-hydrogen) atoms. The zero-order chi connectivity index (χ0) is 10.8. The van der Waals surface area contributed by atoms with Crippen LogP contribution in [0.5, 0.6) is 5.75 Å². The topological polar surface area (TPSA) is 26.3 Å². The molecule has 0 spiro atoms. The van der Waals surface area contributed by atoms with Crippen LogP contribution in [-0.4, -0.2) is 11.3 Å². The molecule has 0 fully saturated rings. The molecule has 0 saturated heterocycles. The lowest BCUT2D eigenvalue weighted by Gasteiger charge is -2.07. The number of hydrogen-bond acceptors (Lipinski definition) is 2. The van der Waals surface area contributed by atoms with Crippen LogP contribution >= 0.6 is 10.7 Å². The normalized spacial score (nSPS) is 12.7. The number of benzene rings is 2. The summed E-state index contributed by atoms with van der Waals surface area (Å²) in [4.78, 5) is 0.619. The second-order valence-electron chi connectivity index (χ2n) is 3.04. The number of hydrogen-bond donors (Lipinski definition) is 0. The molecule has 78 valence electrons. The van der Waals surface area contributed by atoms with Crippen LogP contribution in [0.15, 0.2) is 41.3 Å². The van der Waals surface area contributed by atoms with Crippen molar-refractivity contribution < 1.29 is 8.95 Å². The first-order valence-corrected chi connectivity index (χ1v) is 6.35. The smallest absolute Gasteiger partial charge is 0.148 e. The standard InChI is InChI=1S/C11H9ClO2S/c1-14-10-6-7-11(15(12)13)9-5-3-2-4-8(9)10/h2-7H,1H3. The Morgan fingerprint density at radius 3 is 2.40 bits per heavy atom. The second-order valence-corrected chi connectivity index (χ2v) is 4.76. The molecule has 0 aromatic heterocycles. The van der Waals surface area contributed by atoms with Crippen LogP contribution in [0.25, 0.3) is 10.8 Å². The van der Waals surface area contributed by atoms with Crippen LogP contribution in [0, 0.1) is 0 Å². The zero-order valence-electron chi connectivity index (χ0n) is 8.07. The van der Waals surface area contributed by atoms with Gasteiger partial charge in [-0.15, -0.1) is 0 Å². The van der Waals surface area contributed by atoms with E-state index in [1.54, 1.807) is 19.2 Å². The molecule has 0 saturated carbocycles. The molecule has 4 heteroatoms. The van der Waals surface area contributed by atoms with Crippen molar-refractivity contribution in [3.8, 4) is 5.75 Å². The fourth-order valence-electron chi connectivity index (χ4n) is 1.56. The van der Waals surface area contributed by atoms with Crippen molar-refractivity contribution in [2.24, 2.45) is 0 Å². The summed E-state index contributed by atoms with van der Waals surface area (Å²) in [5, 5.41) is 1.79. The lowest BCUT2D eigenvalue weighted by Crippen LogP contribution is -1.89. The first kappa shape index (κ1) is 10.5. The molecular formula is C11H9ClO2S. The molecule has 0 bridgehead atoms. The number of ether oxygens (including phenoxy) is 1. The van der Waals surface area contributed by atoms with Gasteiger partial charge in [0.25, 0.3) is 0 Å². The van der Waals surface area contributed by atoms with E-state index in [2.05, 4.69) is 0 Å². The van der Waals surface area contributed by atoms with E-state index in [4.69, 9.17) is 15.4 Å². The summed E-state index contributed by atoms with van der Waals surface area (Å²) < 4.78 is 16.5. The Morgan fingerprint density at radius 2 is 1.80 bits per heavy atom. The minimum absolute atomic E-state index is 0.619.